The van der Waals surface area contributed by atoms with Gasteiger partial charge in [-0.3, -0.25) is 0 Å². The topological polar surface area (TPSA) is 9.23 Å². The second kappa shape index (κ2) is 8.34. The van der Waals surface area contributed by atoms with E-state index in [-0.39, 0.29) is 6.10 Å². The van der Waals surface area contributed by atoms with Crippen molar-refractivity contribution in [3.63, 3.8) is 0 Å². The zero-order valence-corrected chi connectivity index (χ0v) is 12.0. The lowest BCUT2D eigenvalue weighted by atomic mass is 10.1. The number of hydrogen-bond acceptors (Lipinski definition) is 1. The van der Waals surface area contributed by atoms with Crippen LogP contribution < -0.4 is 0 Å². The van der Waals surface area contributed by atoms with Gasteiger partial charge in [0.25, 0.3) is 0 Å². The lowest BCUT2D eigenvalue weighted by molar-refractivity contribution is 0.0825. The molecular weight excluding hydrogens is 244 g/mol. The van der Waals surface area contributed by atoms with Gasteiger partial charge in [0.15, 0.2) is 0 Å². The van der Waals surface area contributed by atoms with Crippen LogP contribution in [0, 0.1) is 0 Å². The Morgan fingerprint density at radius 1 is 0.950 bits per heavy atom. The van der Waals surface area contributed by atoms with Gasteiger partial charge in [0.2, 0.25) is 0 Å². The first-order valence-electron chi connectivity index (χ1n) is 7.22. The Bertz CT molecular complexity index is 502. The predicted octanol–water partition coefficient (Wildman–Crippen LogP) is 4.74. The van der Waals surface area contributed by atoms with Gasteiger partial charge in [0.1, 0.15) is 0 Å². The molecule has 0 aliphatic heterocycles. The third kappa shape index (κ3) is 5.41. The standard InChI is InChI=1S/C19H22O/c1-17(14-15-19-11-6-3-7-12-19)20-16-8-13-18-9-4-2-5-10-18/h2-13,17H,14-16H2,1H3. The molecule has 0 amide bonds. The van der Waals surface area contributed by atoms with Crippen LogP contribution in [-0.2, 0) is 11.2 Å². The van der Waals surface area contributed by atoms with Crippen molar-refractivity contribution < 1.29 is 4.74 Å². The molecule has 0 fully saturated rings. The highest BCUT2D eigenvalue weighted by Gasteiger charge is 2.01. The van der Waals surface area contributed by atoms with E-state index >= 15 is 0 Å². The zero-order valence-electron chi connectivity index (χ0n) is 12.0. The van der Waals surface area contributed by atoms with E-state index in [9.17, 15) is 0 Å². The minimum Gasteiger partial charge on any atom is -0.374 e. The first kappa shape index (κ1) is 14.5. The van der Waals surface area contributed by atoms with Gasteiger partial charge in [0.05, 0.1) is 12.7 Å². The average Bonchev–Trinajstić information content (AvgIpc) is 2.52. The Morgan fingerprint density at radius 3 is 2.30 bits per heavy atom. The summed E-state index contributed by atoms with van der Waals surface area (Å²) in [6.45, 7) is 2.81. The molecular formula is C19H22O. The van der Waals surface area contributed by atoms with Crippen LogP contribution in [0.5, 0.6) is 0 Å². The van der Waals surface area contributed by atoms with Crippen LogP contribution in [0.15, 0.2) is 66.7 Å². The summed E-state index contributed by atoms with van der Waals surface area (Å²) < 4.78 is 5.80. The predicted molar refractivity (Wildman–Crippen MR) is 85.7 cm³/mol. The molecule has 1 heteroatoms. The SMILES string of the molecule is CC(CCc1ccccc1)OCC=Cc1ccccc1. The Hall–Kier alpha value is -1.86. The summed E-state index contributed by atoms with van der Waals surface area (Å²) in [5.74, 6) is 0. The van der Waals surface area contributed by atoms with Crippen molar-refractivity contribution in [2.24, 2.45) is 0 Å². The molecule has 1 nitrogen and oxygen atoms in total. The molecule has 0 aliphatic rings. The van der Waals surface area contributed by atoms with Crippen LogP contribution in [0.1, 0.15) is 24.5 Å². The summed E-state index contributed by atoms with van der Waals surface area (Å²) >= 11 is 0. The molecule has 0 heterocycles. The first-order chi connectivity index (χ1) is 9.84. The van der Waals surface area contributed by atoms with Crippen LogP contribution >= 0.6 is 0 Å². The maximum Gasteiger partial charge on any atom is 0.0654 e. The fraction of sp³-hybridized carbons (Fsp3) is 0.263. The lowest BCUT2D eigenvalue weighted by Crippen LogP contribution is -2.09. The first-order valence-corrected chi connectivity index (χ1v) is 7.22. The number of benzene rings is 2. The molecule has 1 atom stereocenters. The molecule has 2 aromatic rings. The van der Waals surface area contributed by atoms with Crippen molar-refractivity contribution in [3.05, 3.63) is 77.9 Å². The highest BCUT2D eigenvalue weighted by molar-refractivity contribution is 5.48. The van der Waals surface area contributed by atoms with E-state index < -0.39 is 0 Å². The molecule has 0 radical (unpaired) electrons. The molecule has 2 aromatic carbocycles. The normalized spacial score (nSPS) is 12.7. The quantitative estimate of drug-likeness (QED) is 0.703. The van der Waals surface area contributed by atoms with Gasteiger partial charge in [-0.15, -0.1) is 0 Å². The van der Waals surface area contributed by atoms with E-state index in [2.05, 4.69) is 61.5 Å². The van der Waals surface area contributed by atoms with Gasteiger partial charge < -0.3 is 4.74 Å². The Morgan fingerprint density at radius 2 is 1.60 bits per heavy atom. The highest BCUT2D eigenvalue weighted by Crippen LogP contribution is 2.07. The summed E-state index contributed by atoms with van der Waals surface area (Å²) in [7, 11) is 0. The summed E-state index contributed by atoms with van der Waals surface area (Å²) in [5.41, 5.74) is 2.59. The fourth-order valence-electron chi connectivity index (χ4n) is 2.07. The minimum atomic E-state index is 0.288. The van der Waals surface area contributed by atoms with Crippen LogP contribution in [0.3, 0.4) is 0 Å². The maximum absolute atomic E-state index is 5.80. The summed E-state index contributed by atoms with van der Waals surface area (Å²) in [4.78, 5) is 0. The maximum atomic E-state index is 5.80. The van der Waals surface area contributed by atoms with Gasteiger partial charge in [0, 0.05) is 0 Å². The van der Waals surface area contributed by atoms with Crippen LogP contribution in [0.2, 0.25) is 0 Å². The van der Waals surface area contributed by atoms with E-state index in [0.717, 1.165) is 12.8 Å². The molecule has 0 N–H and O–H groups in total. The van der Waals surface area contributed by atoms with Crippen molar-refractivity contribution in [1.29, 1.82) is 0 Å². The zero-order chi connectivity index (χ0) is 14.0. The second-order valence-corrected chi connectivity index (χ2v) is 4.98. The molecule has 0 bridgehead atoms. The molecule has 0 saturated carbocycles. The molecule has 20 heavy (non-hydrogen) atoms. The lowest BCUT2D eigenvalue weighted by Gasteiger charge is -2.11. The fourth-order valence-corrected chi connectivity index (χ4v) is 2.07. The molecule has 0 aromatic heterocycles. The third-order valence-electron chi connectivity index (χ3n) is 3.27. The van der Waals surface area contributed by atoms with Crippen molar-refractivity contribution in [2.45, 2.75) is 25.9 Å². The number of rotatable bonds is 7. The van der Waals surface area contributed by atoms with Gasteiger partial charge in [-0.2, -0.15) is 0 Å². The number of ether oxygens (including phenoxy) is 1. The summed E-state index contributed by atoms with van der Waals surface area (Å²) in [5, 5.41) is 0. The van der Waals surface area contributed by atoms with E-state index in [1.807, 2.05) is 18.2 Å². The van der Waals surface area contributed by atoms with Crippen LogP contribution in [-0.4, -0.2) is 12.7 Å². The van der Waals surface area contributed by atoms with Crippen LogP contribution in [0.4, 0.5) is 0 Å². The Balaban J connectivity index is 1.65. The molecule has 0 saturated heterocycles. The molecule has 104 valence electrons. The van der Waals surface area contributed by atoms with Gasteiger partial charge in [-0.05, 0) is 30.9 Å². The largest absolute Gasteiger partial charge is 0.374 e. The Labute approximate surface area is 121 Å². The molecule has 0 aliphatic carbocycles. The average molecular weight is 266 g/mol. The summed E-state index contributed by atoms with van der Waals surface area (Å²) in [6.07, 6.45) is 6.60. The number of hydrogen-bond donors (Lipinski definition) is 0. The highest BCUT2D eigenvalue weighted by atomic mass is 16.5. The second-order valence-electron chi connectivity index (χ2n) is 4.98. The molecule has 1 unspecified atom stereocenters. The summed E-state index contributed by atoms with van der Waals surface area (Å²) in [6, 6.07) is 20.9. The Kier molecular flexibility index (Phi) is 6.07. The van der Waals surface area contributed by atoms with Gasteiger partial charge in [-0.1, -0.05) is 72.8 Å². The van der Waals surface area contributed by atoms with Gasteiger partial charge in [-0.25, -0.2) is 0 Å². The van der Waals surface area contributed by atoms with Crippen molar-refractivity contribution >= 4 is 6.08 Å². The van der Waals surface area contributed by atoms with Crippen molar-refractivity contribution in [2.75, 3.05) is 6.61 Å². The monoisotopic (exact) mass is 266 g/mol. The van der Waals surface area contributed by atoms with Crippen LogP contribution in [0.25, 0.3) is 6.08 Å². The van der Waals surface area contributed by atoms with E-state index in [0.29, 0.717) is 6.61 Å². The minimum absolute atomic E-state index is 0.288. The molecule has 2 rings (SSSR count). The van der Waals surface area contributed by atoms with E-state index in [1.54, 1.807) is 0 Å². The smallest absolute Gasteiger partial charge is 0.0654 e. The molecule has 0 spiro atoms. The third-order valence-corrected chi connectivity index (χ3v) is 3.27. The van der Waals surface area contributed by atoms with Crippen molar-refractivity contribution in [1.82, 2.24) is 0 Å². The van der Waals surface area contributed by atoms with E-state index in [4.69, 9.17) is 4.74 Å². The number of aryl methyl sites for hydroxylation is 1. The van der Waals surface area contributed by atoms with E-state index in [1.165, 1.54) is 11.1 Å². The van der Waals surface area contributed by atoms with Crippen molar-refractivity contribution in [3.8, 4) is 0 Å². The van der Waals surface area contributed by atoms with Gasteiger partial charge >= 0.3 is 0 Å².